The van der Waals surface area contributed by atoms with Crippen LogP contribution in [0.25, 0.3) is 76.5 Å². The molecule has 0 bridgehead atoms. The first-order chi connectivity index (χ1) is 17.3. The molecular formula is C32H17BrO2. The van der Waals surface area contributed by atoms with E-state index in [4.69, 9.17) is 8.83 Å². The van der Waals surface area contributed by atoms with Crippen molar-refractivity contribution in [3.8, 4) is 11.1 Å². The smallest absolute Gasteiger partial charge is 0.178 e. The monoisotopic (exact) mass is 512 g/mol. The Morgan fingerprint density at radius 1 is 0.429 bits per heavy atom. The van der Waals surface area contributed by atoms with Crippen LogP contribution in [0.3, 0.4) is 0 Å². The Labute approximate surface area is 208 Å². The number of benzene rings is 6. The molecule has 0 atom stereocenters. The zero-order valence-electron chi connectivity index (χ0n) is 18.5. The van der Waals surface area contributed by atoms with E-state index in [-0.39, 0.29) is 0 Å². The minimum atomic E-state index is 0.802. The molecule has 2 aromatic heterocycles. The number of furan rings is 2. The fourth-order valence-electron chi connectivity index (χ4n) is 5.56. The molecule has 0 amide bonds. The number of hydrogen-bond donors (Lipinski definition) is 0. The first-order valence-electron chi connectivity index (χ1n) is 11.6. The number of hydrogen-bond acceptors (Lipinski definition) is 2. The summed E-state index contributed by atoms with van der Waals surface area (Å²) in [6, 6.07) is 36.1. The third-order valence-electron chi connectivity index (χ3n) is 7.14. The van der Waals surface area contributed by atoms with E-state index in [0.717, 1.165) is 53.9 Å². The molecule has 2 heterocycles. The molecule has 0 saturated heterocycles. The highest BCUT2D eigenvalue weighted by molar-refractivity contribution is 9.10. The van der Waals surface area contributed by atoms with Gasteiger partial charge in [-0.05, 0) is 78.9 Å². The van der Waals surface area contributed by atoms with Crippen LogP contribution >= 0.6 is 15.9 Å². The number of rotatable bonds is 1. The summed E-state index contributed by atoms with van der Waals surface area (Å²) in [4.78, 5) is 0. The van der Waals surface area contributed by atoms with E-state index in [1.807, 2.05) is 18.2 Å². The minimum Gasteiger partial charge on any atom is -0.452 e. The van der Waals surface area contributed by atoms with Gasteiger partial charge in [0.25, 0.3) is 0 Å². The van der Waals surface area contributed by atoms with Crippen LogP contribution < -0.4 is 0 Å². The van der Waals surface area contributed by atoms with Crippen LogP contribution in [-0.2, 0) is 0 Å². The first-order valence-corrected chi connectivity index (χ1v) is 12.4. The molecule has 0 spiro atoms. The fraction of sp³-hybridized carbons (Fsp3) is 0. The second-order valence-electron chi connectivity index (χ2n) is 9.01. The Bertz CT molecular complexity index is 2070. The largest absolute Gasteiger partial charge is 0.452 e. The van der Waals surface area contributed by atoms with Gasteiger partial charge in [-0.25, -0.2) is 0 Å². The van der Waals surface area contributed by atoms with Crippen molar-refractivity contribution in [1.82, 2.24) is 0 Å². The lowest BCUT2D eigenvalue weighted by atomic mass is 9.91. The maximum atomic E-state index is 6.50. The Morgan fingerprint density at radius 2 is 0.914 bits per heavy atom. The van der Waals surface area contributed by atoms with E-state index >= 15 is 0 Å². The summed E-state index contributed by atoms with van der Waals surface area (Å²) >= 11 is 3.86. The maximum absolute atomic E-state index is 6.50. The lowest BCUT2D eigenvalue weighted by Gasteiger charge is -2.14. The molecule has 0 aliphatic carbocycles. The van der Waals surface area contributed by atoms with Crippen LogP contribution in [0.15, 0.2) is 116 Å². The highest BCUT2D eigenvalue weighted by Gasteiger charge is 2.18. The molecule has 164 valence electrons. The van der Waals surface area contributed by atoms with Crippen LogP contribution in [-0.4, -0.2) is 0 Å². The van der Waals surface area contributed by atoms with E-state index < -0.39 is 0 Å². The van der Waals surface area contributed by atoms with Gasteiger partial charge in [0.15, 0.2) is 11.2 Å². The Kier molecular flexibility index (Phi) is 3.83. The summed E-state index contributed by atoms with van der Waals surface area (Å²) in [5.41, 5.74) is 5.70. The molecule has 35 heavy (non-hydrogen) atoms. The van der Waals surface area contributed by atoms with Crippen LogP contribution in [0, 0.1) is 0 Å². The van der Waals surface area contributed by atoms with E-state index in [1.165, 1.54) is 27.1 Å². The summed E-state index contributed by atoms with van der Waals surface area (Å²) in [5.74, 6) is 0. The van der Waals surface area contributed by atoms with Crippen molar-refractivity contribution in [2.24, 2.45) is 0 Å². The predicted molar refractivity (Wildman–Crippen MR) is 149 cm³/mol. The quantitative estimate of drug-likeness (QED) is 0.204. The van der Waals surface area contributed by atoms with E-state index in [9.17, 15) is 0 Å². The maximum Gasteiger partial charge on any atom is 0.178 e. The lowest BCUT2D eigenvalue weighted by Crippen LogP contribution is -1.87. The van der Waals surface area contributed by atoms with Crippen molar-refractivity contribution in [2.45, 2.75) is 0 Å². The number of para-hydroxylation sites is 1. The first kappa shape index (κ1) is 19.2. The molecule has 6 aromatic carbocycles. The van der Waals surface area contributed by atoms with Gasteiger partial charge in [-0.1, -0.05) is 72.8 Å². The summed E-state index contributed by atoms with van der Waals surface area (Å²) in [7, 11) is 0. The summed E-state index contributed by atoms with van der Waals surface area (Å²) in [6.07, 6.45) is 0. The van der Waals surface area contributed by atoms with Crippen LogP contribution in [0.4, 0.5) is 0 Å². The second kappa shape index (κ2) is 6.97. The van der Waals surface area contributed by atoms with Gasteiger partial charge in [-0.15, -0.1) is 0 Å². The number of fused-ring (bicyclic) bond motifs is 9. The number of halogens is 1. The molecule has 2 nitrogen and oxygen atoms in total. The van der Waals surface area contributed by atoms with Crippen molar-refractivity contribution in [2.75, 3.05) is 0 Å². The normalized spacial score (nSPS) is 12.1. The second-order valence-corrected chi connectivity index (χ2v) is 9.80. The Morgan fingerprint density at radius 3 is 1.57 bits per heavy atom. The SMILES string of the molecule is Brc1c2ccccc2c(-c2ccc3c(c2)oc2c3ccc3c4ccccc4oc32)c2ccccc12. The standard InChI is InChI=1S/C32H17BrO2/c33-30-23-10-3-1-8-21(23)29(22-9-2-4-11-24(22)30)18-13-14-20-26-16-15-25-19-7-5-6-12-27(19)34-31(25)32(26)35-28(20)17-18/h1-17H. The van der Waals surface area contributed by atoms with E-state index in [2.05, 4.69) is 101 Å². The molecule has 0 fully saturated rings. The molecule has 0 N–H and O–H groups in total. The van der Waals surface area contributed by atoms with Gasteiger partial charge in [-0.2, -0.15) is 0 Å². The highest BCUT2D eigenvalue weighted by Crippen LogP contribution is 2.44. The molecule has 0 aliphatic heterocycles. The van der Waals surface area contributed by atoms with Crippen LogP contribution in [0.1, 0.15) is 0 Å². The van der Waals surface area contributed by atoms with Crippen molar-refractivity contribution < 1.29 is 8.83 Å². The van der Waals surface area contributed by atoms with E-state index in [0.29, 0.717) is 0 Å². The van der Waals surface area contributed by atoms with Crippen molar-refractivity contribution >= 4 is 81.4 Å². The topological polar surface area (TPSA) is 26.3 Å². The molecule has 8 aromatic rings. The molecule has 0 unspecified atom stereocenters. The zero-order chi connectivity index (χ0) is 23.1. The molecule has 0 radical (unpaired) electrons. The summed E-state index contributed by atoms with van der Waals surface area (Å²) in [5, 5.41) is 9.20. The van der Waals surface area contributed by atoms with Gasteiger partial charge < -0.3 is 8.83 Å². The minimum absolute atomic E-state index is 0.802. The van der Waals surface area contributed by atoms with Gasteiger partial charge in [0.05, 0.1) is 0 Å². The van der Waals surface area contributed by atoms with Crippen molar-refractivity contribution in [3.63, 3.8) is 0 Å². The Hall–Kier alpha value is -4.08. The lowest BCUT2D eigenvalue weighted by molar-refractivity contribution is 0.633. The third kappa shape index (κ3) is 2.59. The zero-order valence-corrected chi connectivity index (χ0v) is 20.1. The Balaban J connectivity index is 1.46. The van der Waals surface area contributed by atoms with Crippen molar-refractivity contribution in [3.05, 3.63) is 108 Å². The summed E-state index contributed by atoms with van der Waals surface area (Å²) in [6.45, 7) is 0. The fourth-order valence-corrected chi connectivity index (χ4v) is 6.25. The van der Waals surface area contributed by atoms with Crippen molar-refractivity contribution in [1.29, 1.82) is 0 Å². The summed E-state index contributed by atoms with van der Waals surface area (Å²) < 4.78 is 13.9. The van der Waals surface area contributed by atoms with Crippen LogP contribution in [0.2, 0.25) is 0 Å². The third-order valence-corrected chi connectivity index (χ3v) is 7.99. The molecule has 0 aliphatic rings. The average Bonchev–Trinajstić information content (AvgIpc) is 3.47. The molecule has 3 heteroatoms. The predicted octanol–water partition coefficient (Wildman–Crippen LogP) is 10.2. The van der Waals surface area contributed by atoms with Gasteiger partial charge in [0.1, 0.15) is 11.2 Å². The highest BCUT2D eigenvalue weighted by atomic mass is 79.9. The van der Waals surface area contributed by atoms with Gasteiger partial charge >= 0.3 is 0 Å². The van der Waals surface area contributed by atoms with Gasteiger partial charge in [-0.3, -0.25) is 0 Å². The molecular weight excluding hydrogens is 496 g/mol. The van der Waals surface area contributed by atoms with Gasteiger partial charge in [0.2, 0.25) is 0 Å². The molecule has 8 rings (SSSR count). The average molecular weight is 513 g/mol. The molecule has 0 saturated carbocycles. The van der Waals surface area contributed by atoms with Gasteiger partial charge in [0, 0.05) is 26.0 Å². The van der Waals surface area contributed by atoms with Crippen LogP contribution in [0.5, 0.6) is 0 Å². The van der Waals surface area contributed by atoms with E-state index in [1.54, 1.807) is 0 Å².